The predicted octanol–water partition coefficient (Wildman–Crippen LogP) is 2.09. The van der Waals surface area contributed by atoms with Crippen molar-refractivity contribution in [1.29, 1.82) is 0 Å². The van der Waals surface area contributed by atoms with Crippen molar-refractivity contribution in [2.24, 2.45) is 0 Å². The van der Waals surface area contributed by atoms with Crippen molar-refractivity contribution in [1.82, 2.24) is 0 Å². The van der Waals surface area contributed by atoms with E-state index in [9.17, 15) is 4.21 Å². The van der Waals surface area contributed by atoms with E-state index in [-0.39, 0.29) is 0 Å². The van der Waals surface area contributed by atoms with Crippen molar-refractivity contribution in [3.63, 3.8) is 0 Å². The van der Waals surface area contributed by atoms with Gasteiger partial charge in [0, 0.05) is 11.7 Å². The number of hydrogen-bond acceptors (Lipinski definition) is 2. The number of nitrogens with one attached hydrogen (secondary N) is 1. The molecule has 0 spiro atoms. The van der Waals surface area contributed by atoms with E-state index in [0.29, 0.717) is 10.9 Å². The molecule has 0 bridgehead atoms. The molecule has 72 valence electrons. The maximum atomic E-state index is 10.6. The van der Waals surface area contributed by atoms with Crippen LogP contribution in [0.15, 0.2) is 29.2 Å². The third-order valence-electron chi connectivity index (χ3n) is 1.51. The van der Waals surface area contributed by atoms with Crippen LogP contribution in [0, 0.1) is 0 Å². The Bertz CT molecular complexity index is 295. The molecule has 0 fully saturated rings. The highest BCUT2D eigenvalue weighted by Crippen LogP contribution is 2.12. The summed E-state index contributed by atoms with van der Waals surface area (Å²) in [6.45, 7) is 4.08. The summed E-state index contributed by atoms with van der Waals surface area (Å²) >= 11 is -1.88. The highest BCUT2D eigenvalue weighted by atomic mass is 32.2. The summed E-state index contributed by atoms with van der Waals surface area (Å²) in [6.07, 6.45) is 0. The minimum atomic E-state index is -1.88. The fourth-order valence-corrected chi connectivity index (χ4v) is 1.37. The zero-order valence-electron chi connectivity index (χ0n) is 7.65. The lowest BCUT2D eigenvalue weighted by molar-refractivity contribution is 0.564. The lowest BCUT2D eigenvalue weighted by Gasteiger charge is -2.09. The van der Waals surface area contributed by atoms with E-state index >= 15 is 0 Å². The van der Waals surface area contributed by atoms with Crippen LogP contribution in [0.2, 0.25) is 0 Å². The van der Waals surface area contributed by atoms with Crippen molar-refractivity contribution < 1.29 is 8.76 Å². The first-order chi connectivity index (χ1) is 6.09. The van der Waals surface area contributed by atoms with E-state index in [4.69, 9.17) is 4.55 Å². The van der Waals surface area contributed by atoms with Crippen molar-refractivity contribution in [2.45, 2.75) is 24.8 Å². The number of benzene rings is 1. The van der Waals surface area contributed by atoms with E-state index in [2.05, 4.69) is 5.32 Å². The molecule has 1 atom stereocenters. The summed E-state index contributed by atoms with van der Waals surface area (Å²) < 4.78 is 19.4. The second-order valence-electron chi connectivity index (χ2n) is 3.07. The molecule has 1 aromatic rings. The van der Waals surface area contributed by atoms with Crippen LogP contribution in [0.5, 0.6) is 0 Å². The van der Waals surface area contributed by atoms with Crippen LogP contribution in [0.3, 0.4) is 0 Å². The molecule has 13 heavy (non-hydrogen) atoms. The Labute approximate surface area is 80.5 Å². The first-order valence-electron chi connectivity index (χ1n) is 4.07. The van der Waals surface area contributed by atoms with Crippen molar-refractivity contribution >= 4 is 16.8 Å². The third-order valence-corrected chi connectivity index (χ3v) is 2.19. The van der Waals surface area contributed by atoms with Gasteiger partial charge in [-0.2, -0.15) is 0 Å². The monoisotopic (exact) mass is 199 g/mol. The van der Waals surface area contributed by atoms with Crippen LogP contribution in [0.25, 0.3) is 0 Å². The van der Waals surface area contributed by atoms with Gasteiger partial charge in [-0.05, 0) is 38.1 Å². The molecule has 3 nitrogen and oxygen atoms in total. The lowest BCUT2D eigenvalue weighted by atomic mass is 10.3. The van der Waals surface area contributed by atoms with Crippen LogP contribution in [-0.2, 0) is 11.1 Å². The molecule has 0 aromatic heterocycles. The van der Waals surface area contributed by atoms with Crippen molar-refractivity contribution in [3.05, 3.63) is 24.3 Å². The first-order valence-corrected chi connectivity index (χ1v) is 5.17. The molecule has 4 heteroatoms. The molecule has 0 amide bonds. The normalized spacial score (nSPS) is 12.9. The summed E-state index contributed by atoms with van der Waals surface area (Å²) in [7, 11) is 0. The molecule has 1 aromatic carbocycles. The molecular formula is C9H13NO2S. The standard InChI is InChI=1S/C9H13NO2S/c1-7(2)10-8-3-5-9(6-4-8)13(11)12/h3-7,10H,1-2H3,(H,11,12). The van der Waals surface area contributed by atoms with Gasteiger partial charge in [0.2, 0.25) is 0 Å². The van der Waals surface area contributed by atoms with Gasteiger partial charge in [0.1, 0.15) is 0 Å². The summed E-state index contributed by atoms with van der Waals surface area (Å²) in [5, 5.41) is 3.19. The van der Waals surface area contributed by atoms with Gasteiger partial charge in [-0.1, -0.05) is 0 Å². The molecule has 2 N–H and O–H groups in total. The Morgan fingerprint density at radius 2 is 1.85 bits per heavy atom. The summed E-state index contributed by atoms with van der Waals surface area (Å²) in [6, 6.07) is 7.24. The molecule has 0 aliphatic heterocycles. The molecule has 0 heterocycles. The van der Waals surface area contributed by atoms with E-state index in [0.717, 1.165) is 5.69 Å². The molecule has 0 saturated heterocycles. The summed E-state index contributed by atoms with van der Waals surface area (Å²) in [5.41, 5.74) is 0.962. The molecule has 0 saturated carbocycles. The van der Waals surface area contributed by atoms with Crippen LogP contribution < -0.4 is 5.32 Å². The van der Waals surface area contributed by atoms with Gasteiger partial charge in [0.15, 0.2) is 11.1 Å². The first kappa shape index (κ1) is 10.2. The van der Waals surface area contributed by atoms with Crippen LogP contribution in [0.4, 0.5) is 5.69 Å². The lowest BCUT2D eigenvalue weighted by Crippen LogP contribution is -2.09. The van der Waals surface area contributed by atoms with Gasteiger partial charge in [-0.3, -0.25) is 0 Å². The largest absolute Gasteiger partial charge is 0.383 e. The highest BCUT2D eigenvalue weighted by molar-refractivity contribution is 7.79. The van der Waals surface area contributed by atoms with Crippen molar-refractivity contribution in [3.8, 4) is 0 Å². The van der Waals surface area contributed by atoms with Gasteiger partial charge in [-0.15, -0.1) is 0 Å². The maximum absolute atomic E-state index is 10.6. The fourth-order valence-electron chi connectivity index (χ4n) is 1.00. The summed E-state index contributed by atoms with van der Waals surface area (Å²) in [5.74, 6) is 0. The highest BCUT2D eigenvalue weighted by Gasteiger charge is 1.99. The van der Waals surface area contributed by atoms with Gasteiger partial charge >= 0.3 is 0 Å². The van der Waals surface area contributed by atoms with E-state index in [1.54, 1.807) is 24.3 Å². The van der Waals surface area contributed by atoms with Gasteiger partial charge in [0.05, 0.1) is 4.90 Å². The minimum Gasteiger partial charge on any atom is -0.383 e. The van der Waals surface area contributed by atoms with Crippen molar-refractivity contribution in [2.75, 3.05) is 5.32 Å². The average Bonchev–Trinajstić information content (AvgIpc) is 2.04. The summed E-state index contributed by atoms with van der Waals surface area (Å²) in [4.78, 5) is 0.425. The maximum Gasteiger partial charge on any atom is 0.186 e. The Morgan fingerprint density at radius 1 is 1.31 bits per heavy atom. The Morgan fingerprint density at radius 3 is 2.23 bits per heavy atom. The smallest absolute Gasteiger partial charge is 0.186 e. The molecule has 0 aliphatic carbocycles. The fraction of sp³-hybridized carbons (Fsp3) is 0.333. The van der Waals surface area contributed by atoms with Gasteiger partial charge < -0.3 is 9.87 Å². The quantitative estimate of drug-likeness (QED) is 0.733. The number of rotatable bonds is 3. The van der Waals surface area contributed by atoms with Gasteiger partial charge in [0.25, 0.3) is 0 Å². The molecule has 0 radical (unpaired) electrons. The Kier molecular flexibility index (Phi) is 3.45. The van der Waals surface area contributed by atoms with Crippen LogP contribution >= 0.6 is 0 Å². The average molecular weight is 199 g/mol. The van der Waals surface area contributed by atoms with E-state index in [1.165, 1.54) is 0 Å². The SMILES string of the molecule is CC(C)Nc1ccc(S(=O)O)cc1. The molecular weight excluding hydrogens is 186 g/mol. The number of anilines is 1. The van der Waals surface area contributed by atoms with E-state index < -0.39 is 11.1 Å². The third kappa shape index (κ3) is 3.16. The second kappa shape index (κ2) is 4.39. The van der Waals surface area contributed by atoms with E-state index in [1.807, 2.05) is 13.8 Å². The number of hydrogen-bond donors (Lipinski definition) is 2. The zero-order valence-corrected chi connectivity index (χ0v) is 8.47. The van der Waals surface area contributed by atoms with Crippen LogP contribution in [0.1, 0.15) is 13.8 Å². The zero-order chi connectivity index (χ0) is 9.84. The topological polar surface area (TPSA) is 49.3 Å². The van der Waals surface area contributed by atoms with Crippen LogP contribution in [-0.4, -0.2) is 14.8 Å². The Hall–Kier alpha value is -0.870. The molecule has 1 rings (SSSR count). The van der Waals surface area contributed by atoms with Gasteiger partial charge in [-0.25, -0.2) is 4.21 Å². The second-order valence-corrected chi connectivity index (χ2v) is 4.04. The Balaban J connectivity index is 2.75. The molecule has 1 unspecified atom stereocenters. The minimum absolute atomic E-state index is 0.366. The predicted molar refractivity (Wildman–Crippen MR) is 54.2 cm³/mol. The molecule has 0 aliphatic rings.